The van der Waals surface area contributed by atoms with Gasteiger partial charge in [-0.1, -0.05) is 6.42 Å². The first kappa shape index (κ1) is 13.4. The summed E-state index contributed by atoms with van der Waals surface area (Å²) < 4.78 is 4.82. The minimum Gasteiger partial charge on any atom is -0.393 e. The van der Waals surface area contributed by atoms with Crippen LogP contribution < -0.4 is 10.6 Å². The topological polar surface area (TPSA) is 70.6 Å². The van der Waals surface area contributed by atoms with E-state index in [1.165, 1.54) is 0 Å². The fraction of sp³-hybridized carbons (Fsp3) is 0.909. The Labute approximate surface area is 96.6 Å². The Morgan fingerprint density at radius 2 is 2.31 bits per heavy atom. The van der Waals surface area contributed by atoms with Gasteiger partial charge in [-0.25, -0.2) is 0 Å². The molecule has 0 aromatic carbocycles. The predicted molar refractivity (Wildman–Crippen MR) is 61.1 cm³/mol. The molecule has 0 radical (unpaired) electrons. The van der Waals surface area contributed by atoms with Crippen molar-refractivity contribution in [1.82, 2.24) is 10.6 Å². The summed E-state index contributed by atoms with van der Waals surface area (Å²) in [5.41, 5.74) is 0. The van der Waals surface area contributed by atoms with Crippen molar-refractivity contribution in [3.8, 4) is 0 Å². The Balaban J connectivity index is 1.99. The van der Waals surface area contributed by atoms with Gasteiger partial charge in [0, 0.05) is 20.2 Å². The number of methoxy groups -OCH3 is 1. The van der Waals surface area contributed by atoms with Gasteiger partial charge < -0.3 is 20.5 Å². The minimum absolute atomic E-state index is 0.0236. The molecule has 2 atom stereocenters. The molecule has 5 heteroatoms. The SMILES string of the molecule is COCCNC(=O)CNCC1CCCC1O. The van der Waals surface area contributed by atoms with Crippen molar-refractivity contribution in [1.29, 1.82) is 0 Å². The van der Waals surface area contributed by atoms with Crippen molar-refractivity contribution in [2.45, 2.75) is 25.4 Å². The van der Waals surface area contributed by atoms with Crippen molar-refractivity contribution >= 4 is 5.91 Å². The zero-order valence-electron chi connectivity index (χ0n) is 9.87. The Morgan fingerprint density at radius 1 is 1.50 bits per heavy atom. The van der Waals surface area contributed by atoms with Gasteiger partial charge >= 0.3 is 0 Å². The molecule has 3 N–H and O–H groups in total. The average molecular weight is 230 g/mol. The number of aliphatic hydroxyl groups excluding tert-OH is 1. The number of ether oxygens (including phenoxy) is 1. The van der Waals surface area contributed by atoms with Crippen molar-refractivity contribution in [3.63, 3.8) is 0 Å². The molecule has 1 aliphatic rings. The Morgan fingerprint density at radius 3 is 2.94 bits per heavy atom. The van der Waals surface area contributed by atoms with E-state index in [0.29, 0.717) is 25.6 Å². The summed E-state index contributed by atoms with van der Waals surface area (Å²) in [7, 11) is 1.60. The van der Waals surface area contributed by atoms with Crippen molar-refractivity contribution < 1.29 is 14.6 Å². The summed E-state index contributed by atoms with van der Waals surface area (Å²) in [5, 5.41) is 15.4. The van der Waals surface area contributed by atoms with Gasteiger partial charge in [0.05, 0.1) is 19.3 Å². The van der Waals surface area contributed by atoms with Crippen LogP contribution in [0.1, 0.15) is 19.3 Å². The standard InChI is InChI=1S/C11H22N2O3/c1-16-6-5-13-11(15)8-12-7-9-3-2-4-10(9)14/h9-10,12,14H,2-8H2,1H3,(H,13,15). The Hall–Kier alpha value is -0.650. The molecule has 2 unspecified atom stereocenters. The Kier molecular flexibility index (Phi) is 6.37. The lowest BCUT2D eigenvalue weighted by Gasteiger charge is -2.14. The number of nitrogens with one attached hydrogen (secondary N) is 2. The summed E-state index contributed by atoms with van der Waals surface area (Å²) in [6.07, 6.45) is 2.85. The maximum absolute atomic E-state index is 11.3. The molecule has 1 rings (SSSR count). The molecule has 1 fully saturated rings. The van der Waals surface area contributed by atoms with Crippen LogP contribution >= 0.6 is 0 Å². The van der Waals surface area contributed by atoms with E-state index in [0.717, 1.165) is 25.8 Å². The van der Waals surface area contributed by atoms with Crippen LogP contribution in [0, 0.1) is 5.92 Å². The molecule has 5 nitrogen and oxygen atoms in total. The molecule has 1 amide bonds. The maximum Gasteiger partial charge on any atom is 0.234 e. The zero-order chi connectivity index (χ0) is 11.8. The lowest BCUT2D eigenvalue weighted by molar-refractivity contribution is -0.120. The second-order valence-corrected chi connectivity index (χ2v) is 4.23. The largest absolute Gasteiger partial charge is 0.393 e. The molecule has 0 heterocycles. The molecule has 0 bridgehead atoms. The third kappa shape index (κ3) is 4.92. The second kappa shape index (κ2) is 7.60. The normalized spacial score (nSPS) is 24.6. The van der Waals surface area contributed by atoms with Crippen molar-refractivity contribution in [2.24, 2.45) is 5.92 Å². The van der Waals surface area contributed by atoms with Gasteiger partial charge in [-0.05, 0) is 18.8 Å². The van der Waals surface area contributed by atoms with E-state index in [1.54, 1.807) is 7.11 Å². The van der Waals surface area contributed by atoms with Crippen LogP contribution in [-0.2, 0) is 9.53 Å². The highest BCUT2D eigenvalue weighted by atomic mass is 16.5. The lowest BCUT2D eigenvalue weighted by atomic mass is 10.1. The number of rotatable bonds is 7. The molecule has 0 aromatic heterocycles. The van der Waals surface area contributed by atoms with Gasteiger partial charge in [0.25, 0.3) is 0 Å². The molecule has 94 valence electrons. The second-order valence-electron chi connectivity index (χ2n) is 4.23. The quantitative estimate of drug-likeness (QED) is 0.516. The number of aliphatic hydroxyl groups is 1. The zero-order valence-corrected chi connectivity index (χ0v) is 9.87. The van der Waals surface area contributed by atoms with E-state index >= 15 is 0 Å². The molecule has 1 aliphatic carbocycles. The van der Waals surface area contributed by atoms with Crippen LogP contribution in [0.4, 0.5) is 0 Å². The van der Waals surface area contributed by atoms with E-state index in [-0.39, 0.29) is 12.0 Å². The van der Waals surface area contributed by atoms with Gasteiger partial charge in [-0.15, -0.1) is 0 Å². The first-order valence-corrected chi connectivity index (χ1v) is 5.88. The van der Waals surface area contributed by atoms with Crippen LogP contribution in [0.2, 0.25) is 0 Å². The predicted octanol–water partition coefficient (Wildman–Crippen LogP) is -0.500. The first-order valence-electron chi connectivity index (χ1n) is 5.88. The molecule has 0 aliphatic heterocycles. The fourth-order valence-electron chi connectivity index (χ4n) is 1.98. The van der Waals surface area contributed by atoms with Crippen LogP contribution in [0.25, 0.3) is 0 Å². The summed E-state index contributed by atoms with van der Waals surface area (Å²) in [4.78, 5) is 11.3. The highest BCUT2D eigenvalue weighted by Crippen LogP contribution is 2.24. The van der Waals surface area contributed by atoms with Crippen LogP contribution in [0.3, 0.4) is 0 Å². The summed E-state index contributed by atoms with van der Waals surface area (Å²) in [6.45, 7) is 2.11. The molecule has 0 saturated heterocycles. The number of hydrogen-bond acceptors (Lipinski definition) is 4. The van der Waals surface area contributed by atoms with Crippen LogP contribution in [0.5, 0.6) is 0 Å². The van der Waals surface area contributed by atoms with Gasteiger partial charge in [0.2, 0.25) is 5.91 Å². The fourth-order valence-corrected chi connectivity index (χ4v) is 1.98. The van der Waals surface area contributed by atoms with Crippen molar-refractivity contribution in [2.75, 3.05) is 33.4 Å². The monoisotopic (exact) mass is 230 g/mol. The molecule has 1 saturated carbocycles. The molecule has 0 aromatic rings. The number of hydrogen-bond donors (Lipinski definition) is 3. The van der Waals surface area contributed by atoms with Gasteiger partial charge in [0.1, 0.15) is 0 Å². The van der Waals surface area contributed by atoms with Gasteiger partial charge in [-0.2, -0.15) is 0 Å². The van der Waals surface area contributed by atoms with Crippen LogP contribution in [0.15, 0.2) is 0 Å². The highest BCUT2D eigenvalue weighted by molar-refractivity contribution is 5.77. The highest BCUT2D eigenvalue weighted by Gasteiger charge is 2.24. The van der Waals surface area contributed by atoms with Gasteiger partial charge in [-0.3, -0.25) is 4.79 Å². The molecular formula is C11H22N2O3. The van der Waals surface area contributed by atoms with Gasteiger partial charge in [0.15, 0.2) is 0 Å². The lowest BCUT2D eigenvalue weighted by Crippen LogP contribution is -2.38. The first-order chi connectivity index (χ1) is 7.74. The number of carbonyl (C=O) groups is 1. The smallest absolute Gasteiger partial charge is 0.234 e. The summed E-state index contributed by atoms with van der Waals surface area (Å²) in [5.74, 6) is 0.288. The maximum atomic E-state index is 11.3. The number of carbonyl (C=O) groups excluding carboxylic acids is 1. The average Bonchev–Trinajstić information content (AvgIpc) is 2.65. The van der Waals surface area contributed by atoms with Crippen LogP contribution in [-0.4, -0.2) is 50.5 Å². The summed E-state index contributed by atoms with van der Waals surface area (Å²) >= 11 is 0. The van der Waals surface area contributed by atoms with E-state index in [1.807, 2.05) is 0 Å². The third-order valence-corrected chi connectivity index (χ3v) is 2.94. The summed E-state index contributed by atoms with van der Waals surface area (Å²) in [6, 6.07) is 0. The van der Waals surface area contributed by atoms with Crippen molar-refractivity contribution in [3.05, 3.63) is 0 Å². The van der Waals surface area contributed by atoms with E-state index < -0.39 is 0 Å². The molecular weight excluding hydrogens is 208 g/mol. The number of amides is 1. The molecule has 16 heavy (non-hydrogen) atoms. The van der Waals surface area contributed by atoms with E-state index in [2.05, 4.69) is 10.6 Å². The third-order valence-electron chi connectivity index (χ3n) is 2.94. The van der Waals surface area contributed by atoms with E-state index in [4.69, 9.17) is 4.74 Å². The minimum atomic E-state index is -0.191. The molecule has 0 spiro atoms. The Bertz CT molecular complexity index is 211. The van der Waals surface area contributed by atoms with E-state index in [9.17, 15) is 9.90 Å².